The largest absolute Gasteiger partial charge is 0.439 e. The third-order valence-electron chi connectivity index (χ3n) is 3.57. The minimum Gasteiger partial charge on any atom is -0.439 e. The molecule has 0 aliphatic rings. The molecule has 0 atom stereocenters. The van der Waals surface area contributed by atoms with Crippen molar-refractivity contribution in [3.05, 3.63) is 65.7 Å². The molecule has 0 aliphatic carbocycles. The Morgan fingerprint density at radius 3 is 2.50 bits per heavy atom. The van der Waals surface area contributed by atoms with E-state index in [0.717, 1.165) is 0 Å². The molecule has 3 aromatic rings. The maximum Gasteiger partial charge on any atom is 0.229 e. The summed E-state index contributed by atoms with van der Waals surface area (Å²) in [6, 6.07) is 12.2. The molecule has 6 nitrogen and oxygen atoms in total. The lowest BCUT2D eigenvalue weighted by Gasteiger charge is -2.20. The summed E-state index contributed by atoms with van der Waals surface area (Å²) in [5, 5.41) is 0.543. The second-order valence-electron chi connectivity index (χ2n) is 5.45. The van der Waals surface area contributed by atoms with Gasteiger partial charge in [-0.15, -0.1) is 0 Å². The first-order valence-electron chi connectivity index (χ1n) is 8.09. The Kier molecular flexibility index (Phi) is 5.43. The van der Waals surface area contributed by atoms with Crippen LogP contribution in [0, 0.1) is 0 Å². The molecule has 0 saturated carbocycles. The summed E-state index contributed by atoms with van der Waals surface area (Å²) < 4.78 is 5.67. The summed E-state index contributed by atoms with van der Waals surface area (Å²) in [7, 11) is 0. The Morgan fingerprint density at radius 1 is 1.12 bits per heavy atom. The van der Waals surface area contributed by atoms with Crippen LogP contribution in [-0.2, 0) is 11.2 Å². The number of carbonyl (C=O) groups is 1. The first-order chi connectivity index (χ1) is 12.6. The summed E-state index contributed by atoms with van der Waals surface area (Å²) >= 11 is 5.81. The predicted octanol–water partition coefficient (Wildman–Crippen LogP) is 4.56. The molecule has 2 heterocycles. The molecule has 2 aromatic heterocycles. The van der Waals surface area contributed by atoms with Crippen LogP contribution >= 0.6 is 11.6 Å². The summed E-state index contributed by atoms with van der Waals surface area (Å²) in [5.74, 6) is 2.12. The van der Waals surface area contributed by atoms with Gasteiger partial charge in [0.25, 0.3) is 0 Å². The molecule has 0 radical (unpaired) electrons. The lowest BCUT2D eigenvalue weighted by molar-refractivity contribution is -0.115. The molecule has 0 N–H and O–H groups in total. The molecular formula is C19H17ClN4O2. The fourth-order valence-electron chi connectivity index (χ4n) is 2.37. The van der Waals surface area contributed by atoms with Crippen LogP contribution in [0.4, 0.5) is 11.5 Å². The van der Waals surface area contributed by atoms with E-state index in [1.54, 1.807) is 48.7 Å². The predicted molar refractivity (Wildman–Crippen MR) is 100.0 cm³/mol. The molecule has 132 valence electrons. The molecule has 0 fully saturated rings. The number of carbonyl (C=O) groups excluding carboxylic acids is 1. The normalized spacial score (nSPS) is 10.4. The smallest absolute Gasteiger partial charge is 0.229 e. The molecule has 0 saturated heterocycles. The van der Waals surface area contributed by atoms with Gasteiger partial charge >= 0.3 is 0 Å². The number of nitrogens with zero attached hydrogens (tertiary/aromatic N) is 4. The van der Waals surface area contributed by atoms with Gasteiger partial charge in [-0.25, -0.2) is 15.0 Å². The molecular weight excluding hydrogens is 352 g/mol. The highest BCUT2D eigenvalue weighted by molar-refractivity contribution is 6.30. The first-order valence-corrected chi connectivity index (χ1v) is 8.46. The van der Waals surface area contributed by atoms with Gasteiger partial charge in [-0.05, 0) is 36.4 Å². The van der Waals surface area contributed by atoms with Crippen LogP contribution in [0.3, 0.4) is 0 Å². The number of amides is 1. The zero-order valence-electron chi connectivity index (χ0n) is 14.4. The van der Waals surface area contributed by atoms with Crippen molar-refractivity contribution in [1.29, 1.82) is 0 Å². The highest BCUT2D eigenvalue weighted by Crippen LogP contribution is 2.28. The van der Waals surface area contributed by atoms with Crippen molar-refractivity contribution in [3.63, 3.8) is 0 Å². The van der Waals surface area contributed by atoms with Gasteiger partial charge in [0.05, 0.1) is 10.7 Å². The monoisotopic (exact) mass is 368 g/mol. The van der Waals surface area contributed by atoms with Crippen LogP contribution in [0.1, 0.15) is 19.7 Å². The lowest BCUT2D eigenvalue weighted by Crippen LogP contribution is -2.24. The van der Waals surface area contributed by atoms with Crippen LogP contribution in [0.25, 0.3) is 0 Å². The van der Waals surface area contributed by atoms with Crippen LogP contribution in [0.15, 0.2) is 54.9 Å². The number of rotatable bonds is 5. The molecule has 26 heavy (non-hydrogen) atoms. The van der Waals surface area contributed by atoms with Crippen LogP contribution in [0.2, 0.25) is 5.02 Å². The lowest BCUT2D eigenvalue weighted by atomic mass is 10.2. The van der Waals surface area contributed by atoms with Crippen LogP contribution in [-0.4, -0.2) is 20.9 Å². The van der Waals surface area contributed by atoms with E-state index in [0.29, 0.717) is 40.4 Å². The minimum atomic E-state index is -0.140. The van der Waals surface area contributed by atoms with Crippen molar-refractivity contribution in [3.8, 4) is 11.6 Å². The first kappa shape index (κ1) is 17.8. The second kappa shape index (κ2) is 7.93. The third-order valence-corrected chi connectivity index (χ3v) is 3.79. The van der Waals surface area contributed by atoms with Gasteiger partial charge in [0.2, 0.25) is 11.8 Å². The summed E-state index contributed by atoms with van der Waals surface area (Å²) in [5.41, 5.74) is 0.690. The van der Waals surface area contributed by atoms with Gasteiger partial charge in [-0.1, -0.05) is 18.5 Å². The number of benzene rings is 1. The average molecular weight is 369 g/mol. The summed E-state index contributed by atoms with van der Waals surface area (Å²) in [6.45, 7) is 3.46. The quantitative estimate of drug-likeness (QED) is 0.660. The second-order valence-corrected chi connectivity index (χ2v) is 5.89. The average Bonchev–Trinajstić information content (AvgIpc) is 2.65. The fraction of sp³-hybridized carbons (Fsp3) is 0.158. The SMILES string of the molecule is CCc1nccc(N(C(C)=O)c2ccc(Oc3ccc(Cl)cn3)cc2)n1. The molecule has 3 rings (SSSR count). The van der Waals surface area contributed by atoms with Crippen LogP contribution in [0.5, 0.6) is 11.6 Å². The molecule has 7 heteroatoms. The highest BCUT2D eigenvalue weighted by Gasteiger charge is 2.16. The van der Waals surface area contributed by atoms with Crippen molar-refractivity contribution >= 4 is 29.0 Å². The Hall–Kier alpha value is -2.99. The maximum atomic E-state index is 12.2. The van der Waals surface area contributed by atoms with E-state index in [-0.39, 0.29) is 5.91 Å². The highest BCUT2D eigenvalue weighted by atomic mass is 35.5. The third kappa shape index (κ3) is 4.15. The number of aromatic nitrogens is 3. The summed E-state index contributed by atoms with van der Waals surface area (Å²) in [4.78, 5) is 26.4. The van der Waals surface area contributed by atoms with E-state index in [1.807, 2.05) is 6.92 Å². The van der Waals surface area contributed by atoms with E-state index in [4.69, 9.17) is 16.3 Å². The van der Waals surface area contributed by atoms with E-state index >= 15 is 0 Å². The standard InChI is InChI=1S/C19H17ClN4O2/c1-3-17-21-11-10-18(23-17)24(13(2)25)15-5-7-16(8-6-15)26-19-9-4-14(20)12-22-19/h4-12H,3H2,1-2H3. The van der Waals surface area contributed by atoms with Crippen molar-refractivity contribution in [2.75, 3.05) is 4.90 Å². The number of halogens is 1. The molecule has 1 aromatic carbocycles. The molecule has 0 bridgehead atoms. The number of hydrogen-bond donors (Lipinski definition) is 0. The molecule has 0 spiro atoms. The van der Waals surface area contributed by atoms with Gasteiger partial charge in [0, 0.05) is 31.8 Å². The van der Waals surface area contributed by atoms with Crippen molar-refractivity contribution in [2.24, 2.45) is 0 Å². The van der Waals surface area contributed by atoms with E-state index in [2.05, 4.69) is 15.0 Å². The Bertz CT molecular complexity index is 898. The van der Waals surface area contributed by atoms with Gasteiger partial charge in [0.1, 0.15) is 17.4 Å². The number of hydrogen-bond acceptors (Lipinski definition) is 5. The van der Waals surface area contributed by atoms with Gasteiger partial charge in [-0.3, -0.25) is 9.69 Å². The van der Waals surface area contributed by atoms with E-state index < -0.39 is 0 Å². The molecule has 0 unspecified atom stereocenters. The minimum absolute atomic E-state index is 0.140. The number of pyridine rings is 1. The van der Waals surface area contributed by atoms with Gasteiger partial charge in [-0.2, -0.15) is 0 Å². The van der Waals surface area contributed by atoms with Gasteiger partial charge < -0.3 is 4.74 Å². The van der Waals surface area contributed by atoms with E-state index in [1.165, 1.54) is 18.0 Å². The molecule has 0 aliphatic heterocycles. The van der Waals surface area contributed by atoms with Crippen molar-refractivity contribution in [1.82, 2.24) is 15.0 Å². The van der Waals surface area contributed by atoms with E-state index in [9.17, 15) is 4.79 Å². The topological polar surface area (TPSA) is 68.2 Å². The van der Waals surface area contributed by atoms with Crippen molar-refractivity contribution in [2.45, 2.75) is 20.3 Å². The maximum absolute atomic E-state index is 12.2. The summed E-state index contributed by atoms with van der Waals surface area (Å²) in [6.07, 6.45) is 3.87. The van der Waals surface area contributed by atoms with Crippen molar-refractivity contribution < 1.29 is 9.53 Å². The Balaban J connectivity index is 1.84. The van der Waals surface area contributed by atoms with Crippen LogP contribution < -0.4 is 9.64 Å². The fourth-order valence-corrected chi connectivity index (χ4v) is 2.48. The Labute approximate surface area is 156 Å². The Morgan fingerprint density at radius 2 is 1.88 bits per heavy atom. The van der Waals surface area contributed by atoms with Gasteiger partial charge in [0.15, 0.2) is 0 Å². The number of anilines is 2. The number of ether oxygens (including phenoxy) is 1. The number of aryl methyl sites for hydroxylation is 1. The zero-order chi connectivity index (χ0) is 18.5. The zero-order valence-corrected chi connectivity index (χ0v) is 15.1. The molecule has 1 amide bonds.